The molecule has 1 fully saturated rings. The Kier molecular flexibility index (Phi) is 4.05. The molecule has 0 aliphatic carbocycles. The first kappa shape index (κ1) is 12.7. The van der Waals surface area contributed by atoms with Gasteiger partial charge in [-0.2, -0.15) is 17.0 Å². The van der Waals surface area contributed by atoms with Gasteiger partial charge in [-0.3, -0.25) is 4.79 Å². The van der Waals surface area contributed by atoms with Gasteiger partial charge in [-0.1, -0.05) is 0 Å². The summed E-state index contributed by atoms with van der Waals surface area (Å²) in [4.78, 5) is 16.9. The Bertz CT molecular complexity index is 486. The quantitative estimate of drug-likeness (QED) is 0.887. The van der Waals surface area contributed by atoms with Crippen LogP contribution in [0.4, 0.5) is 5.69 Å². The van der Waals surface area contributed by atoms with Crippen LogP contribution >= 0.6 is 11.8 Å². The van der Waals surface area contributed by atoms with Crippen LogP contribution in [0.3, 0.4) is 0 Å². The Hall–Kier alpha value is -1.74. The summed E-state index contributed by atoms with van der Waals surface area (Å²) in [6.07, 6.45) is 1.71. The lowest BCUT2D eigenvalue weighted by Crippen LogP contribution is -2.43. The number of carboxylic acid groups (broad SMARTS) is 1. The van der Waals surface area contributed by atoms with Crippen molar-refractivity contribution in [2.24, 2.45) is 0 Å². The van der Waals surface area contributed by atoms with E-state index < -0.39 is 5.97 Å². The number of nitrogens with zero attached hydrogens (tertiary/aromatic N) is 3. The molecule has 1 saturated heterocycles. The minimum Gasteiger partial charge on any atom is -0.481 e. The molecule has 1 aliphatic heterocycles. The van der Waals surface area contributed by atoms with Gasteiger partial charge < -0.3 is 10.0 Å². The number of carboxylic acids is 1. The smallest absolute Gasteiger partial charge is 0.305 e. The number of hydrogen-bond donors (Lipinski definition) is 1. The topological polar surface area (TPSA) is 77.2 Å². The highest BCUT2D eigenvalue weighted by Crippen LogP contribution is 2.25. The lowest BCUT2D eigenvalue weighted by atomic mass is 10.1. The van der Waals surface area contributed by atoms with Crippen LogP contribution in [0.15, 0.2) is 18.3 Å². The predicted molar refractivity (Wildman–Crippen MR) is 69.7 cm³/mol. The van der Waals surface area contributed by atoms with Crippen molar-refractivity contribution in [2.75, 3.05) is 23.0 Å². The van der Waals surface area contributed by atoms with Gasteiger partial charge in [-0.05, 0) is 12.1 Å². The Balaban J connectivity index is 2.22. The van der Waals surface area contributed by atoms with E-state index in [0.717, 1.165) is 23.7 Å². The predicted octanol–water partition coefficient (Wildman–Crippen LogP) is 1.35. The summed E-state index contributed by atoms with van der Waals surface area (Å²) < 4.78 is 0. The summed E-state index contributed by atoms with van der Waals surface area (Å²) in [7, 11) is 0. The van der Waals surface area contributed by atoms with Gasteiger partial charge in [-0.15, -0.1) is 0 Å². The summed E-state index contributed by atoms with van der Waals surface area (Å²) in [6, 6.07) is 5.52. The van der Waals surface area contributed by atoms with Crippen LogP contribution in [0.25, 0.3) is 0 Å². The molecule has 1 aliphatic rings. The third kappa shape index (κ3) is 2.93. The lowest BCUT2D eigenvalue weighted by Gasteiger charge is -2.36. The third-order valence-electron chi connectivity index (χ3n) is 2.83. The van der Waals surface area contributed by atoms with Gasteiger partial charge in [0.15, 0.2) is 0 Å². The maximum Gasteiger partial charge on any atom is 0.305 e. The summed E-state index contributed by atoms with van der Waals surface area (Å²) >= 11 is 1.77. The number of aromatic nitrogens is 1. The van der Waals surface area contributed by atoms with Crippen LogP contribution < -0.4 is 4.90 Å². The number of thioether (sulfide) groups is 1. The van der Waals surface area contributed by atoms with E-state index in [-0.39, 0.29) is 12.5 Å². The minimum atomic E-state index is -0.790. The monoisotopic (exact) mass is 263 g/mol. The summed E-state index contributed by atoms with van der Waals surface area (Å²) in [5, 5.41) is 17.8. The molecule has 1 aromatic heterocycles. The molecule has 6 heteroatoms. The van der Waals surface area contributed by atoms with Crippen LogP contribution in [-0.2, 0) is 4.79 Å². The van der Waals surface area contributed by atoms with Crippen molar-refractivity contribution in [2.45, 2.75) is 12.5 Å². The van der Waals surface area contributed by atoms with Crippen molar-refractivity contribution < 1.29 is 9.90 Å². The van der Waals surface area contributed by atoms with Crippen LogP contribution in [-0.4, -0.2) is 40.2 Å². The largest absolute Gasteiger partial charge is 0.481 e. The number of anilines is 1. The summed E-state index contributed by atoms with van der Waals surface area (Å²) in [5.74, 6) is 0.985. The van der Waals surface area contributed by atoms with Crippen LogP contribution in [0.2, 0.25) is 0 Å². The second-order valence-electron chi connectivity index (χ2n) is 4.03. The second kappa shape index (κ2) is 5.74. The Morgan fingerprint density at radius 3 is 3.28 bits per heavy atom. The molecule has 1 unspecified atom stereocenters. The first-order valence-electron chi connectivity index (χ1n) is 5.63. The van der Waals surface area contributed by atoms with Gasteiger partial charge in [0.05, 0.1) is 6.42 Å². The number of rotatable bonds is 3. The van der Waals surface area contributed by atoms with Crippen LogP contribution in [0.5, 0.6) is 0 Å². The van der Waals surface area contributed by atoms with Gasteiger partial charge in [0.2, 0.25) is 0 Å². The highest BCUT2D eigenvalue weighted by Gasteiger charge is 2.25. The molecule has 0 saturated carbocycles. The molecule has 0 spiro atoms. The summed E-state index contributed by atoms with van der Waals surface area (Å²) in [6.45, 7) is 0.803. The maximum absolute atomic E-state index is 10.9. The highest BCUT2D eigenvalue weighted by molar-refractivity contribution is 7.99. The van der Waals surface area contributed by atoms with E-state index in [1.807, 2.05) is 12.1 Å². The Morgan fingerprint density at radius 1 is 1.72 bits per heavy atom. The van der Waals surface area contributed by atoms with Crippen molar-refractivity contribution in [3.63, 3.8) is 0 Å². The summed E-state index contributed by atoms with van der Waals surface area (Å²) in [5.41, 5.74) is 1.24. The van der Waals surface area contributed by atoms with E-state index in [2.05, 4.69) is 9.88 Å². The van der Waals surface area contributed by atoms with Crippen molar-refractivity contribution >= 4 is 23.4 Å². The van der Waals surface area contributed by atoms with E-state index >= 15 is 0 Å². The third-order valence-corrected chi connectivity index (χ3v) is 3.92. The lowest BCUT2D eigenvalue weighted by molar-refractivity contribution is -0.137. The number of carbonyl (C=O) groups is 1. The molecule has 1 N–H and O–H groups in total. The zero-order chi connectivity index (χ0) is 13.0. The van der Waals surface area contributed by atoms with Crippen LogP contribution in [0.1, 0.15) is 12.1 Å². The average molecular weight is 263 g/mol. The van der Waals surface area contributed by atoms with Crippen molar-refractivity contribution in [3.8, 4) is 6.07 Å². The zero-order valence-corrected chi connectivity index (χ0v) is 10.6. The fraction of sp³-hybridized carbons (Fsp3) is 0.417. The molecule has 0 amide bonds. The molecule has 1 aromatic rings. The maximum atomic E-state index is 10.9. The normalized spacial score (nSPS) is 19.3. The zero-order valence-electron chi connectivity index (χ0n) is 9.74. The van der Waals surface area contributed by atoms with E-state index in [1.165, 1.54) is 0 Å². The molecule has 0 bridgehead atoms. The van der Waals surface area contributed by atoms with E-state index in [0.29, 0.717) is 5.69 Å². The van der Waals surface area contributed by atoms with Gasteiger partial charge in [-0.25, -0.2) is 4.98 Å². The molecule has 0 aromatic carbocycles. The SMILES string of the molecule is N#Cc1cc(N2CCSCC2CC(=O)O)ccn1. The Morgan fingerprint density at radius 2 is 2.56 bits per heavy atom. The van der Waals surface area contributed by atoms with E-state index in [1.54, 1.807) is 24.0 Å². The van der Waals surface area contributed by atoms with Crippen molar-refractivity contribution in [3.05, 3.63) is 24.0 Å². The first-order valence-corrected chi connectivity index (χ1v) is 6.78. The van der Waals surface area contributed by atoms with E-state index in [9.17, 15) is 4.79 Å². The standard InChI is InChI=1S/C12H13N3O2S/c13-7-9-5-10(1-2-14-9)15-3-4-18-8-11(15)6-12(16)17/h1-2,5,11H,3-4,6,8H2,(H,16,17). The van der Waals surface area contributed by atoms with Crippen LogP contribution in [0, 0.1) is 11.3 Å². The highest BCUT2D eigenvalue weighted by atomic mass is 32.2. The number of pyridine rings is 1. The first-order chi connectivity index (χ1) is 8.70. The minimum absolute atomic E-state index is 0.0183. The molecule has 2 heterocycles. The van der Waals surface area contributed by atoms with Gasteiger partial charge >= 0.3 is 5.97 Å². The van der Waals surface area contributed by atoms with Crippen molar-refractivity contribution in [1.29, 1.82) is 5.26 Å². The van der Waals surface area contributed by atoms with Gasteiger partial charge in [0.25, 0.3) is 0 Å². The van der Waals surface area contributed by atoms with E-state index in [4.69, 9.17) is 10.4 Å². The van der Waals surface area contributed by atoms with Gasteiger partial charge in [0, 0.05) is 36.0 Å². The average Bonchev–Trinajstić information content (AvgIpc) is 2.39. The fourth-order valence-corrected chi connectivity index (χ4v) is 3.09. The van der Waals surface area contributed by atoms with Crippen molar-refractivity contribution in [1.82, 2.24) is 4.98 Å². The molecule has 1 atom stereocenters. The molecule has 2 rings (SSSR count). The fourth-order valence-electron chi connectivity index (χ4n) is 2.02. The number of hydrogen-bond acceptors (Lipinski definition) is 5. The van der Waals surface area contributed by atoms with Gasteiger partial charge in [0.1, 0.15) is 11.8 Å². The molecule has 94 valence electrons. The molecule has 0 radical (unpaired) electrons. The number of nitriles is 1. The molecular weight excluding hydrogens is 250 g/mol. The molecule has 18 heavy (non-hydrogen) atoms. The second-order valence-corrected chi connectivity index (χ2v) is 5.18. The number of aliphatic carboxylic acids is 1. The molecule has 5 nitrogen and oxygen atoms in total. The molecular formula is C12H13N3O2S. The Labute approximate surface area is 109 Å².